The number of nitrogens with zero attached hydrogens (tertiary/aromatic N) is 1. The molecule has 1 aromatic carbocycles. The van der Waals surface area contributed by atoms with Crippen LogP contribution in [0.2, 0.25) is 0 Å². The van der Waals surface area contributed by atoms with Crippen LogP contribution in [0.4, 0.5) is 8.78 Å². The second kappa shape index (κ2) is 4.37. The number of benzene rings is 1. The van der Waals surface area contributed by atoms with E-state index in [4.69, 9.17) is 5.11 Å². The van der Waals surface area contributed by atoms with Gasteiger partial charge in [-0.3, -0.25) is 0 Å². The van der Waals surface area contributed by atoms with Crippen LogP contribution in [0, 0.1) is 11.6 Å². The maximum Gasteiger partial charge on any atom is 0.149 e. The van der Waals surface area contributed by atoms with Gasteiger partial charge in [-0.05, 0) is 24.3 Å². The molecule has 0 aliphatic carbocycles. The first-order chi connectivity index (χ1) is 7.70. The molecule has 1 aromatic heterocycles. The highest BCUT2D eigenvalue weighted by molar-refractivity contribution is 5.59. The van der Waals surface area contributed by atoms with Gasteiger partial charge in [0.25, 0.3) is 0 Å². The van der Waals surface area contributed by atoms with Crippen molar-refractivity contribution < 1.29 is 13.9 Å². The van der Waals surface area contributed by atoms with E-state index in [1.165, 1.54) is 30.3 Å². The molecule has 0 unspecified atom stereocenters. The van der Waals surface area contributed by atoms with Crippen LogP contribution >= 0.6 is 0 Å². The smallest absolute Gasteiger partial charge is 0.149 e. The van der Waals surface area contributed by atoms with E-state index >= 15 is 0 Å². The number of hydrogen-bond donors (Lipinski definition) is 1. The fourth-order valence-corrected chi connectivity index (χ4v) is 1.41. The minimum atomic E-state index is -0.539. The van der Waals surface area contributed by atoms with Gasteiger partial charge in [0, 0.05) is 5.56 Å². The molecule has 1 heterocycles. The molecular weight excluding hydrogens is 212 g/mol. The van der Waals surface area contributed by atoms with E-state index < -0.39 is 11.6 Å². The van der Waals surface area contributed by atoms with Crippen molar-refractivity contribution in [2.24, 2.45) is 0 Å². The molecule has 2 nitrogen and oxygen atoms in total. The molecule has 0 atom stereocenters. The Morgan fingerprint density at radius 3 is 2.62 bits per heavy atom. The number of aliphatic hydroxyl groups is 1. The highest BCUT2D eigenvalue weighted by Crippen LogP contribution is 2.21. The Bertz CT molecular complexity index is 514. The summed E-state index contributed by atoms with van der Waals surface area (Å²) in [5.41, 5.74) is 0.750. The fourth-order valence-electron chi connectivity index (χ4n) is 1.41. The predicted octanol–water partition coefficient (Wildman–Crippen LogP) is 2.52. The molecule has 2 aromatic rings. The monoisotopic (exact) mass is 221 g/mol. The van der Waals surface area contributed by atoms with E-state index in [0.29, 0.717) is 11.3 Å². The zero-order valence-corrected chi connectivity index (χ0v) is 8.32. The number of hydrogen-bond acceptors (Lipinski definition) is 2. The number of rotatable bonds is 2. The standard InChI is InChI=1S/C12H9F2NO/c13-9-3-1-2-8(6-9)12-11(14)5-4-10(7-16)15-12/h1-6,16H,7H2. The lowest BCUT2D eigenvalue weighted by Crippen LogP contribution is -1.95. The molecule has 0 radical (unpaired) electrons. The molecule has 2 rings (SSSR count). The summed E-state index contributed by atoms with van der Waals surface area (Å²) in [6.45, 7) is -0.275. The summed E-state index contributed by atoms with van der Waals surface area (Å²) in [7, 11) is 0. The van der Waals surface area contributed by atoms with Crippen molar-refractivity contribution in [2.45, 2.75) is 6.61 Å². The lowest BCUT2D eigenvalue weighted by Gasteiger charge is -2.04. The summed E-state index contributed by atoms with van der Waals surface area (Å²) < 4.78 is 26.4. The molecule has 4 heteroatoms. The van der Waals surface area contributed by atoms with E-state index in [0.717, 1.165) is 0 Å². The van der Waals surface area contributed by atoms with E-state index in [1.54, 1.807) is 6.07 Å². The first kappa shape index (κ1) is 10.7. The van der Waals surface area contributed by atoms with Crippen LogP contribution in [0.1, 0.15) is 5.69 Å². The molecule has 0 aliphatic heterocycles. The Hall–Kier alpha value is -1.81. The highest BCUT2D eigenvalue weighted by atomic mass is 19.1. The lowest BCUT2D eigenvalue weighted by molar-refractivity contribution is 0.276. The fraction of sp³-hybridized carbons (Fsp3) is 0.0833. The molecule has 0 amide bonds. The van der Waals surface area contributed by atoms with Crippen molar-refractivity contribution in [3.05, 3.63) is 53.7 Å². The maximum absolute atomic E-state index is 13.5. The Labute approximate surface area is 91.2 Å². The van der Waals surface area contributed by atoms with Crippen molar-refractivity contribution >= 4 is 0 Å². The first-order valence-corrected chi connectivity index (χ1v) is 4.73. The summed E-state index contributed by atoms with van der Waals surface area (Å²) in [6, 6.07) is 8.12. The zero-order chi connectivity index (χ0) is 11.5. The van der Waals surface area contributed by atoms with E-state index in [9.17, 15) is 8.78 Å². The quantitative estimate of drug-likeness (QED) is 0.845. The minimum absolute atomic E-state index is 0.0473. The average Bonchev–Trinajstić information content (AvgIpc) is 2.30. The van der Waals surface area contributed by atoms with Gasteiger partial charge in [-0.15, -0.1) is 0 Å². The van der Waals surface area contributed by atoms with Gasteiger partial charge in [-0.1, -0.05) is 12.1 Å². The Balaban J connectivity index is 2.54. The zero-order valence-electron chi connectivity index (χ0n) is 8.32. The summed E-state index contributed by atoms with van der Waals surface area (Å²) in [5, 5.41) is 8.90. The predicted molar refractivity (Wildman–Crippen MR) is 55.5 cm³/mol. The van der Waals surface area contributed by atoms with Gasteiger partial charge >= 0.3 is 0 Å². The van der Waals surface area contributed by atoms with Gasteiger partial charge in [-0.25, -0.2) is 13.8 Å². The van der Waals surface area contributed by atoms with Gasteiger partial charge in [0.2, 0.25) is 0 Å². The maximum atomic E-state index is 13.5. The average molecular weight is 221 g/mol. The van der Waals surface area contributed by atoms with E-state index in [-0.39, 0.29) is 12.3 Å². The van der Waals surface area contributed by atoms with Gasteiger partial charge in [0.15, 0.2) is 0 Å². The van der Waals surface area contributed by atoms with Crippen molar-refractivity contribution in [3.63, 3.8) is 0 Å². The second-order valence-corrected chi connectivity index (χ2v) is 3.30. The third kappa shape index (κ3) is 2.06. The third-order valence-electron chi connectivity index (χ3n) is 2.16. The van der Waals surface area contributed by atoms with Crippen molar-refractivity contribution in [1.29, 1.82) is 0 Å². The van der Waals surface area contributed by atoms with Crippen LogP contribution < -0.4 is 0 Å². The molecule has 0 aliphatic rings. The van der Waals surface area contributed by atoms with Crippen LogP contribution in [-0.4, -0.2) is 10.1 Å². The summed E-state index contributed by atoms with van der Waals surface area (Å²) in [6.07, 6.45) is 0. The third-order valence-corrected chi connectivity index (χ3v) is 2.16. The minimum Gasteiger partial charge on any atom is -0.390 e. The van der Waals surface area contributed by atoms with Gasteiger partial charge < -0.3 is 5.11 Å². The lowest BCUT2D eigenvalue weighted by atomic mass is 10.1. The molecule has 1 N–H and O–H groups in total. The molecule has 16 heavy (non-hydrogen) atoms. The SMILES string of the molecule is OCc1ccc(F)c(-c2cccc(F)c2)n1. The summed E-state index contributed by atoms with van der Waals surface area (Å²) in [4.78, 5) is 3.91. The molecule has 0 spiro atoms. The van der Waals surface area contributed by atoms with Crippen molar-refractivity contribution in [3.8, 4) is 11.3 Å². The molecule has 0 saturated heterocycles. The Kier molecular flexibility index (Phi) is 2.92. The van der Waals surface area contributed by atoms with Gasteiger partial charge in [-0.2, -0.15) is 0 Å². The topological polar surface area (TPSA) is 33.1 Å². The summed E-state index contributed by atoms with van der Waals surface area (Å²) >= 11 is 0. The normalized spacial score (nSPS) is 10.4. The number of halogens is 2. The molecule has 82 valence electrons. The van der Waals surface area contributed by atoms with Crippen LogP contribution in [0.15, 0.2) is 36.4 Å². The Morgan fingerprint density at radius 1 is 1.12 bits per heavy atom. The highest BCUT2D eigenvalue weighted by Gasteiger charge is 2.08. The van der Waals surface area contributed by atoms with Gasteiger partial charge in [0.05, 0.1) is 12.3 Å². The van der Waals surface area contributed by atoms with E-state index in [1.807, 2.05) is 0 Å². The first-order valence-electron chi connectivity index (χ1n) is 4.73. The van der Waals surface area contributed by atoms with E-state index in [2.05, 4.69) is 4.98 Å². The van der Waals surface area contributed by atoms with Crippen LogP contribution in [-0.2, 0) is 6.61 Å². The largest absolute Gasteiger partial charge is 0.390 e. The number of aromatic nitrogens is 1. The number of aliphatic hydroxyl groups excluding tert-OH is 1. The van der Waals surface area contributed by atoms with Gasteiger partial charge in [0.1, 0.15) is 17.3 Å². The Morgan fingerprint density at radius 2 is 1.94 bits per heavy atom. The summed E-state index contributed by atoms with van der Waals surface area (Å²) in [5.74, 6) is -0.990. The number of pyridine rings is 1. The van der Waals surface area contributed by atoms with Crippen LogP contribution in [0.5, 0.6) is 0 Å². The van der Waals surface area contributed by atoms with Crippen LogP contribution in [0.3, 0.4) is 0 Å². The van der Waals surface area contributed by atoms with Crippen LogP contribution in [0.25, 0.3) is 11.3 Å². The molecule has 0 saturated carbocycles. The van der Waals surface area contributed by atoms with Crippen molar-refractivity contribution in [1.82, 2.24) is 4.98 Å². The molecule has 0 fully saturated rings. The second-order valence-electron chi connectivity index (χ2n) is 3.30. The molecular formula is C12H9F2NO. The molecule has 0 bridgehead atoms. The van der Waals surface area contributed by atoms with Crippen molar-refractivity contribution in [2.75, 3.05) is 0 Å².